The summed E-state index contributed by atoms with van der Waals surface area (Å²) < 4.78 is 1.82. The molecule has 34 heavy (non-hydrogen) atoms. The Hall–Kier alpha value is -2.76. The molecule has 3 saturated heterocycles. The van der Waals surface area contributed by atoms with Crippen LogP contribution in [-0.4, -0.2) is 88.2 Å². The molecule has 11 nitrogen and oxygen atoms in total. The third kappa shape index (κ3) is 4.12. The lowest BCUT2D eigenvalue weighted by molar-refractivity contribution is -0.137. The molecule has 2 aromatic rings. The Bertz CT molecular complexity index is 1090. The molecule has 5 rings (SSSR count). The van der Waals surface area contributed by atoms with Gasteiger partial charge >= 0.3 is 0 Å². The van der Waals surface area contributed by atoms with Gasteiger partial charge in [0.15, 0.2) is 5.65 Å². The fourth-order valence-corrected chi connectivity index (χ4v) is 5.56. The van der Waals surface area contributed by atoms with Crippen LogP contribution < -0.4 is 21.4 Å². The van der Waals surface area contributed by atoms with Gasteiger partial charge in [0.05, 0.1) is 11.7 Å². The van der Waals surface area contributed by atoms with Crippen molar-refractivity contribution in [2.75, 3.05) is 38.6 Å². The highest BCUT2D eigenvalue weighted by Gasteiger charge is 2.41. The van der Waals surface area contributed by atoms with Crippen LogP contribution in [0.3, 0.4) is 0 Å². The SMILES string of the molecule is CNC(=O)C1CC(C(=O)N2CCCC[C@H]2c2cc3nc(N4CC[C@H](N)C4)c(C)cn3n2)NN1C. The largest absolute Gasteiger partial charge is 0.358 e. The number of anilines is 1. The van der Waals surface area contributed by atoms with Crippen LogP contribution in [0.1, 0.15) is 49.4 Å². The molecule has 0 aliphatic carbocycles. The van der Waals surface area contributed by atoms with E-state index in [9.17, 15) is 9.59 Å². The van der Waals surface area contributed by atoms with Crippen molar-refractivity contribution in [3.8, 4) is 0 Å². The molecule has 0 saturated carbocycles. The van der Waals surface area contributed by atoms with Crippen LogP contribution in [0.4, 0.5) is 5.82 Å². The average Bonchev–Trinajstić information content (AvgIpc) is 3.55. The quantitative estimate of drug-likeness (QED) is 0.570. The Morgan fingerprint density at radius 1 is 1.24 bits per heavy atom. The molecule has 5 heterocycles. The maximum atomic E-state index is 13.6. The molecule has 0 spiro atoms. The first-order chi connectivity index (χ1) is 16.4. The van der Waals surface area contributed by atoms with E-state index in [1.54, 1.807) is 12.1 Å². The first-order valence-electron chi connectivity index (χ1n) is 12.2. The summed E-state index contributed by atoms with van der Waals surface area (Å²) in [5, 5.41) is 9.25. The minimum absolute atomic E-state index is 0.0240. The highest BCUT2D eigenvalue weighted by atomic mass is 16.2. The van der Waals surface area contributed by atoms with E-state index in [2.05, 4.69) is 22.6 Å². The molecule has 0 bridgehead atoms. The number of aromatic nitrogens is 3. The molecule has 11 heteroatoms. The second kappa shape index (κ2) is 9.12. The standard InChI is InChI=1S/C23H35N9O2/c1-14-12-32-20(26-21(14)30-9-7-15(24)13-30)11-16(28-32)18-6-4-5-8-31(18)23(34)17-10-19(22(33)25-2)29(3)27-17/h11-12,15,17-19,27H,4-10,13,24H2,1-3H3,(H,25,33)/t15-,17?,18-,19?/m0/s1. The highest BCUT2D eigenvalue weighted by molar-refractivity contribution is 5.87. The van der Waals surface area contributed by atoms with Gasteiger partial charge in [-0.2, -0.15) is 5.10 Å². The van der Waals surface area contributed by atoms with Crippen molar-refractivity contribution in [1.29, 1.82) is 0 Å². The van der Waals surface area contributed by atoms with Crippen LogP contribution in [0, 0.1) is 6.92 Å². The normalized spacial score (nSPS) is 28.1. The van der Waals surface area contributed by atoms with E-state index < -0.39 is 6.04 Å². The third-order valence-corrected chi connectivity index (χ3v) is 7.41. The molecule has 2 aromatic heterocycles. The maximum absolute atomic E-state index is 13.6. The number of carbonyl (C=O) groups excluding carboxylic acids is 2. The minimum atomic E-state index is -0.420. The topological polar surface area (TPSA) is 124 Å². The Kier molecular flexibility index (Phi) is 6.17. The van der Waals surface area contributed by atoms with Gasteiger partial charge in [-0.1, -0.05) is 0 Å². The monoisotopic (exact) mass is 469 g/mol. The molecule has 3 aliphatic rings. The van der Waals surface area contributed by atoms with Gasteiger partial charge < -0.3 is 20.9 Å². The van der Waals surface area contributed by atoms with Crippen LogP contribution >= 0.6 is 0 Å². The van der Waals surface area contributed by atoms with Gasteiger partial charge in [0.25, 0.3) is 0 Å². The first kappa shape index (κ1) is 23.0. The van der Waals surface area contributed by atoms with E-state index in [4.69, 9.17) is 15.8 Å². The minimum Gasteiger partial charge on any atom is -0.358 e. The van der Waals surface area contributed by atoms with Crippen molar-refractivity contribution in [3.05, 3.63) is 23.5 Å². The van der Waals surface area contributed by atoms with Crippen LogP contribution in [0.2, 0.25) is 0 Å². The number of nitrogens with zero attached hydrogens (tertiary/aromatic N) is 6. The average molecular weight is 470 g/mol. The number of carbonyl (C=O) groups is 2. The summed E-state index contributed by atoms with van der Waals surface area (Å²) in [6.07, 6.45) is 6.32. The van der Waals surface area contributed by atoms with Crippen molar-refractivity contribution >= 4 is 23.3 Å². The van der Waals surface area contributed by atoms with Crippen molar-refractivity contribution < 1.29 is 9.59 Å². The number of nitrogens with one attached hydrogen (secondary N) is 2. The molecule has 3 aliphatic heterocycles. The highest BCUT2D eigenvalue weighted by Crippen LogP contribution is 2.33. The zero-order valence-electron chi connectivity index (χ0n) is 20.2. The summed E-state index contributed by atoms with van der Waals surface area (Å²) in [4.78, 5) is 34.8. The van der Waals surface area contributed by atoms with Gasteiger partial charge in [-0.15, -0.1) is 0 Å². The number of hydrogen-bond donors (Lipinski definition) is 3. The van der Waals surface area contributed by atoms with Crippen molar-refractivity contribution in [3.63, 3.8) is 0 Å². The smallest absolute Gasteiger partial charge is 0.241 e. The van der Waals surface area contributed by atoms with Gasteiger partial charge in [-0.05, 0) is 39.0 Å². The number of likely N-dealkylation sites (tertiary alicyclic amines) is 1. The van der Waals surface area contributed by atoms with E-state index in [-0.39, 0.29) is 29.9 Å². The number of fused-ring (bicyclic) bond motifs is 1. The van der Waals surface area contributed by atoms with E-state index in [0.717, 1.165) is 61.5 Å². The fourth-order valence-electron chi connectivity index (χ4n) is 5.56. The lowest BCUT2D eigenvalue weighted by Gasteiger charge is -2.36. The van der Waals surface area contributed by atoms with Gasteiger partial charge in [0, 0.05) is 57.6 Å². The number of nitrogens with two attached hydrogens (primary N) is 1. The molecular formula is C23H35N9O2. The maximum Gasteiger partial charge on any atom is 0.241 e. The summed E-state index contributed by atoms with van der Waals surface area (Å²) in [5.74, 6) is 0.898. The summed E-state index contributed by atoms with van der Waals surface area (Å²) in [6, 6.07) is 1.32. The van der Waals surface area contributed by atoms with Gasteiger partial charge in [-0.25, -0.2) is 19.9 Å². The number of amides is 2. The summed E-state index contributed by atoms with van der Waals surface area (Å²) >= 11 is 0. The molecule has 0 aromatic carbocycles. The molecule has 184 valence electrons. The first-order valence-corrected chi connectivity index (χ1v) is 12.2. The zero-order chi connectivity index (χ0) is 24.0. The van der Waals surface area contributed by atoms with Gasteiger partial charge in [-0.3, -0.25) is 9.59 Å². The van der Waals surface area contributed by atoms with Crippen LogP contribution in [-0.2, 0) is 9.59 Å². The summed E-state index contributed by atoms with van der Waals surface area (Å²) in [7, 11) is 3.43. The summed E-state index contributed by atoms with van der Waals surface area (Å²) in [5.41, 5.74) is 12.0. The third-order valence-electron chi connectivity index (χ3n) is 7.41. The lowest BCUT2D eigenvalue weighted by Crippen LogP contribution is -2.49. The molecule has 0 radical (unpaired) electrons. The molecular weight excluding hydrogens is 434 g/mol. The molecule has 2 unspecified atom stereocenters. The summed E-state index contributed by atoms with van der Waals surface area (Å²) in [6.45, 7) is 4.47. The second-order valence-electron chi connectivity index (χ2n) is 9.82. The van der Waals surface area contributed by atoms with Crippen LogP contribution in [0.5, 0.6) is 0 Å². The number of rotatable bonds is 4. The number of piperidine rings is 1. The Balaban J connectivity index is 1.39. The second-order valence-corrected chi connectivity index (χ2v) is 9.82. The van der Waals surface area contributed by atoms with Gasteiger partial charge in [0.2, 0.25) is 11.8 Å². The van der Waals surface area contributed by atoms with Crippen molar-refractivity contribution in [1.82, 2.24) is 35.2 Å². The Labute approximate surface area is 199 Å². The Morgan fingerprint density at radius 2 is 2.06 bits per heavy atom. The van der Waals surface area contributed by atoms with E-state index >= 15 is 0 Å². The fraction of sp³-hybridized carbons (Fsp3) is 0.652. The number of likely N-dealkylation sites (N-methyl/N-ethyl adjacent to an activating group) is 2. The zero-order valence-corrected chi connectivity index (χ0v) is 20.2. The van der Waals surface area contributed by atoms with E-state index in [1.807, 2.05) is 28.7 Å². The van der Waals surface area contributed by atoms with Gasteiger partial charge in [0.1, 0.15) is 17.9 Å². The van der Waals surface area contributed by atoms with Crippen LogP contribution in [0.25, 0.3) is 5.65 Å². The number of hydrazine groups is 1. The van der Waals surface area contributed by atoms with E-state index in [1.165, 1.54) is 0 Å². The lowest BCUT2D eigenvalue weighted by atomic mass is 9.97. The van der Waals surface area contributed by atoms with Crippen molar-refractivity contribution in [2.45, 2.75) is 63.2 Å². The predicted molar refractivity (Wildman–Crippen MR) is 128 cm³/mol. The number of hydrogen-bond acceptors (Lipinski definition) is 8. The predicted octanol–water partition coefficient (Wildman–Crippen LogP) is -0.0480. The molecule has 2 amide bonds. The molecule has 4 N–H and O–H groups in total. The van der Waals surface area contributed by atoms with Crippen LogP contribution in [0.15, 0.2) is 12.3 Å². The van der Waals surface area contributed by atoms with Crippen molar-refractivity contribution in [2.24, 2.45) is 5.73 Å². The molecule has 3 fully saturated rings. The molecule has 4 atom stereocenters. The van der Waals surface area contributed by atoms with E-state index in [0.29, 0.717) is 13.0 Å². The number of aryl methyl sites for hydroxylation is 1. The Morgan fingerprint density at radius 3 is 2.79 bits per heavy atom.